The van der Waals surface area contributed by atoms with Crippen LogP contribution in [-0.4, -0.2) is 70.9 Å². The summed E-state index contributed by atoms with van der Waals surface area (Å²) >= 11 is 0. The molecule has 1 aliphatic rings. The lowest BCUT2D eigenvalue weighted by molar-refractivity contribution is 0.101. The number of nitrogens with two attached hydrogens (primary N) is 2. The molecule has 1 fully saturated rings. The quantitative estimate of drug-likeness (QED) is 0.0196. The number of Topliss-reactive ketones (excluding diaryl/α,β-unsaturated/α-hetero) is 1. The Kier molecular flexibility index (Phi) is 16.8. The van der Waals surface area contributed by atoms with Gasteiger partial charge in [-0.15, -0.1) is 0 Å². The highest BCUT2D eigenvalue weighted by Gasteiger charge is 2.33. The monoisotopic (exact) mass is 797 g/mol. The third-order valence-electron chi connectivity index (χ3n) is 12.6. The van der Waals surface area contributed by atoms with E-state index < -0.39 is 14.0 Å². The van der Waals surface area contributed by atoms with Crippen LogP contribution in [0, 0.1) is 6.92 Å². The lowest BCUT2D eigenvalue weighted by Gasteiger charge is -2.31. The number of rotatable bonds is 24. The van der Waals surface area contributed by atoms with Crippen molar-refractivity contribution in [2.45, 2.75) is 116 Å². The SMILES string of the molecule is CC(=O)c1ccc2c(CN(CCCCCCN)Cc3cc(C)ccc3B(O)C3CCC3)c3ccccc3c(CN(CCCCCCN)Cc3ccccc3B(O)O)c2c1. The Hall–Kier alpha value is -3.86. The van der Waals surface area contributed by atoms with Crippen molar-refractivity contribution in [3.63, 3.8) is 0 Å². The summed E-state index contributed by atoms with van der Waals surface area (Å²) in [7, 11) is -1.56. The van der Waals surface area contributed by atoms with Gasteiger partial charge in [0, 0.05) is 31.7 Å². The summed E-state index contributed by atoms with van der Waals surface area (Å²) in [5.41, 5.74) is 19.7. The fourth-order valence-electron chi connectivity index (χ4n) is 9.04. The molecule has 0 amide bonds. The standard InChI is InChI=1S/C49H66B2N4O4/c1-36-22-25-48(50(57)41-17-15-18-41)40(30-36)33-55(29-14-6-4-12-27-53)34-46-42-19-8-9-20-43(42)47(45-31-38(37(2)56)23-24-44(45)46)35-54(28-13-5-3-11-26-52)32-39-16-7-10-21-49(39)51(58)59/h7-10,16,19-25,30-31,41,57-59H,3-6,11-15,17-18,26-29,32-35,52-53H2,1-2H3. The molecule has 1 saturated carbocycles. The Morgan fingerprint density at radius 1 is 0.627 bits per heavy atom. The molecule has 59 heavy (non-hydrogen) atoms. The van der Waals surface area contributed by atoms with E-state index in [-0.39, 0.29) is 5.78 Å². The van der Waals surface area contributed by atoms with Crippen molar-refractivity contribution in [2.24, 2.45) is 11.5 Å². The number of nitrogens with zero attached hydrogens (tertiary/aromatic N) is 2. The number of unbranched alkanes of at least 4 members (excludes halogenated alkanes) is 6. The minimum Gasteiger partial charge on any atom is -0.446 e. The molecular formula is C49H66B2N4O4. The lowest BCUT2D eigenvalue weighted by Crippen LogP contribution is -2.41. The first kappa shape index (κ1) is 44.7. The van der Waals surface area contributed by atoms with Crippen LogP contribution < -0.4 is 22.4 Å². The second-order valence-corrected chi connectivity index (χ2v) is 17.1. The van der Waals surface area contributed by atoms with Gasteiger partial charge in [0.2, 0.25) is 0 Å². The molecule has 0 unspecified atom stereocenters. The maximum Gasteiger partial charge on any atom is 0.488 e. The highest BCUT2D eigenvalue weighted by Crippen LogP contribution is 2.37. The minimum absolute atomic E-state index is 0.0336. The number of aryl methyl sites for hydroxylation is 1. The van der Waals surface area contributed by atoms with Crippen molar-refractivity contribution in [3.05, 3.63) is 118 Å². The second-order valence-electron chi connectivity index (χ2n) is 17.1. The van der Waals surface area contributed by atoms with E-state index in [1.54, 1.807) is 13.0 Å². The summed E-state index contributed by atoms with van der Waals surface area (Å²) in [5, 5.41) is 36.8. The zero-order chi connectivity index (χ0) is 41.7. The first-order chi connectivity index (χ1) is 28.7. The summed E-state index contributed by atoms with van der Waals surface area (Å²) in [6, 6.07) is 29.1. The molecule has 5 aromatic rings. The number of fused-ring (bicyclic) bond motifs is 2. The Balaban J connectivity index is 1.43. The number of carbonyl (C=O) groups is 1. The van der Waals surface area contributed by atoms with Crippen molar-refractivity contribution in [2.75, 3.05) is 26.2 Å². The van der Waals surface area contributed by atoms with Gasteiger partial charge in [0.15, 0.2) is 5.78 Å². The van der Waals surface area contributed by atoms with Crippen LogP contribution in [0.15, 0.2) is 84.9 Å². The molecule has 10 heteroatoms. The zero-order valence-electron chi connectivity index (χ0n) is 35.5. The third kappa shape index (κ3) is 11.7. The van der Waals surface area contributed by atoms with Crippen LogP contribution in [-0.2, 0) is 26.2 Å². The van der Waals surface area contributed by atoms with Gasteiger partial charge in [-0.25, -0.2) is 0 Å². The molecule has 0 aliphatic heterocycles. The number of hydrogen-bond donors (Lipinski definition) is 5. The van der Waals surface area contributed by atoms with E-state index in [4.69, 9.17) is 11.5 Å². The van der Waals surface area contributed by atoms with Gasteiger partial charge in [-0.2, -0.15) is 0 Å². The zero-order valence-corrected chi connectivity index (χ0v) is 35.5. The van der Waals surface area contributed by atoms with E-state index in [2.05, 4.69) is 71.3 Å². The van der Waals surface area contributed by atoms with Crippen molar-refractivity contribution in [3.8, 4) is 0 Å². The maximum atomic E-state index is 13.0. The van der Waals surface area contributed by atoms with Gasteiger partial charge in [-0.3, -0.25) is 14.6 Å². The topological polar surface area (TPSA) is 136 Å². The average Bonchev–Trinajstić information content (AvgIpc) is 3.20. The molecule has 0 saturated heterocycles. The molecule has 0 spiro atoms. The molecule has 0 bridgehead atoms. The lowest BCUT2D eigenvalue weighted by atomic mass is 9.44. The van der Waals surface area contributed by atoms with Crippen LogP contribution >= 0.6 is 0 Å². The predicted molar refractivity (Wildman–Crippen MR) is 247 cm³/mol. The molecule has 7 N–H and O–H groups in total. The van der Waals surface area contributed by atoms with Crippen LogP contribution in [0.2, 0.25) is 5.82 Å². The van der Waals surface area contributed by atoms with Gasteiger partial charge in [-0.1, -0.05) is 129 Å². The van der Waals surface area contributed by atoms with E-state index >= 15 is 0 Å². The van der Waals surface area contributed by atoms with Gasteiger partial charge in [-0.05, 0) is 132 Å². The Labute approximate surface area is 353 Å². The first-order valence-corrected chi connectivity index (χ1v) is 22.2. The summed E-state index contributed by atoms with van der Waals surface area (Å²) < 4.78 is 0. The fraction of sp³-hybridized carbons (Fsp3) is 0.449. The molecule has 312 valence electrons. The maximum absolute atomic E-state index is 13.0. The molecule has 5 aromatic carbocycles. The predicted octanol–water partition coefficient (Wildman–Crippen LogP) is 6.97. The van der Waals surface area contributed by atoms with Gasteiger partial charge in [0.05, 0.1) is 0 Å². The van der Waals surface area contributed by atoms with E-state index in [1.807, 2.05) is 24.3 Å². The van der Waals surface area contributed by atoms with Crippen LogP contribution in [0.1, 0.15) is 116 Å². The van der Waals surface area contributed by atoms with Crippen molar-refractivity contribution in [1.82, 2.24) is 9.80 Å². The summed E-state index contributed by atoms with van der Waals surface area (Å²) in [6.07, 6.45) is 11.8. The van der Waals surface area contributed by atoms with Gasteiger partial charge in [0.25, 0.3) is 0 Å². The number of benzene rings is 5. The Morgan fingerprint density at radius 3 is 1.76 bits per heavy atom. The highest BCUT2D eigenvalue weighted by molar-refractivity contribution is 6.68. The first-order valence-electron chi connectivity index (χ1n) is 22.2. The molecule has 0 heterocycles. The normalized spacial score (nSPS) is 13.2. The van der Waals surface area contributed by atoms with E-state index in [0.29, 0.717) is 49.6 Å². The molecule has 0 atom stereocenters. The Bertz CT molecular complexity index is 2140. The van der Waals surface area contributed by atoms with Crippen LogP contribution in [0.3, 0.4) is 0 Å². The van der Waals surface area contributed by atoms with E-state index in [0.717, 1.165) is 106 Å². The molecule has 6 rings (SSSR count). The van der Waals surface area contributed by atoms with Crippen molar-refractivity contribution >= 4 is 52.3 Å². The van der Waals surface area contributed by atoms with Gasteiger partial charge < -0.3 is 26.5 Å². The van der Waals surface area contributed by atoms with E-state index in [1.165, 1.54) is 39.4 Å². The van der Waals surface area contributed by atoms with Crippen LogP contribution in [0.5, 0.6) is 0 Å². The van der Waals surface area contributed by atoms with Gasteiger partial charge in [0.1, 0.15) is 0 Å². The van der Waals surface area contributed by atoms with Crippen LogP contribution in [0.4, 0.5) is 0 Å². The van der Waals surface area contributed by atoms with Crippen molar-refractivity contribution in [1.29, 1.82) is 0 Å². The molecule has 1 aliphatic carbocycles. The molecule has 0 aromatic heterocycles. The Morgan fingerprint density at radius 2 is 1.19 bits per heavy atom. The van der Waals surface area contributed by atoms with Gasteiger partial charge >= 0.3 is 14.0 Å². The summed E-state index contributed by atoms with van der Waals surface area (Å²) in [4.78, 5) is 18.0. The number of hydrogen-bond acceptors (Lipinski definition) is 8. The second kappa shape index (κ2) is 22.1. The molecular weight excluding hydrogens is 730 g/mol. The van der Waals surface area contributed by atoms with Crippen molar-refractivity contribution < 1.29 is 19.9 Å². The largest absolute Gasteiger partial charge is 0.488 e. The number of ketones is 1. The summed E-state index contributed by atoms with van der Waals surface area (Å²) in [5.74, 6) is 0.357. The average molecular weight is 797 g/mol. The van der Waals surface area contributed by atoms with Crippen LogP contribution in [0.25, 0.3) is 21.5 Å². The third-order valence-corrected chi connectivity index (χ3v) is 12.6. The number of carbonyl (C=O) groups excluding carboxylic acids is 1. The fourth-order valence-corrected chi connectivity index (χ4v) is 9.04. The highest BCUT2D eigenvalue weighted by atomic mass is 16.4. The smallest absolute Gasteiger partial charge is 0.446 e. The van der Waals surface area contributed by atoms with E-state index in [9.17, 15) is 19.9 Å². The minimum atomic E-state index is -1.56. The summed E-state index contributed by atoms with van der Waals surface area (Å²) in [6.45, 7) is 9.09. The molecule has 0 radical (unpaired) electrons. The molecule has 8 nitrogen and oxygen atoms in total.